The summed E-state index contributed by atoms with van der Waals surface area (Å²) in [4.78, 5) is 0. The molecule has 1 nitrogen and oxygen atoms in total. The average molecular weight is 119 g/mol. The smallest absolute Gasteiger partial charge is 0.279 e. The van der Waals surface area contributed by atoms with Gasteiger partial charge >= 0.3 is 0 Å². The van der Waals surface area contributed by atoms with Crippen LogP contribution in [0.1, 0.15) is 6.92 Å². The van der Waals surface area contributed by atoms with Gasteiger partial charge in [-0.3, -0.25) is 5.41 Å². The topological polar surface area (TPSA) is 23.9 Å². The number of hydrogen-bond donors (Lipinski definition) is 1. The third kappa shape index (κ3) is 1.82. The Morgan fingerprint density at radius 1 is 1.62 bits per heavy atom. The number of allylic oxidation sites excluding steroid dienone is 1. The van der Waals surface area contributed by atoms with E-state index >= 15 is 0 Å². The summed E-state index contributed by atoms with van der Waals surface area (Å²) in [5.74, 6) is 0. The average Bonchev–Trinajstić information content (AvgIpc) is 1.64. The van der Waals surface area contributed by atoms with Crippen molar-refractivity contribution < 1.29 is 8.78 Å². The van der Waals surface area contributed by atoms with Crippen molar-refractivity contribution in [3.8, 4) is 0 Å². The maximum Gasteiger partial charge on any atom is 0.279 e. The number of alkyl halides is 2. The van der Waals surface area contributed by atoms with Crippen LogP contribution >= 0.6 is 0 Å². The zero-order valence-corrected chi connectivity index (χ0v) is 4.54. The molecular weight excluding hydrogens is 112 g/mol. The Labute approximate surface area is 46.5 Å². The second-order valence-electron chi connectivity index (χ2n) is 1.49. The molecule has 0 saturated heterocycles. The van der Waals surface area contributed by atoms with Gasteiger partial charge in [0.05, 0.1) is 5.71 Å². The van der Waals surface area contributed by atoms with E-state index in [4.69, 9.17) is 5.41 Å². The zero-order valence-electron chi connectivity index (χ0n) is 4.54. The summed E-state index contributed by atoms with van der Waals surface area (Å²) < 4.78 is 22.8. The van der Waals surface area contributed by atoms with Gasteiger partial charge in [-0.1, -0.05) is 6.58 Å². The van der Waals surface area contributed by atoms with Gasteiger partial charge in [-0.25, -0.2) is 8.78 Å². The van der Waals surface area contributed by atoms with Crippen LogP contribution in [0.25, 0.3) is 0 Å². The highest BCUT2D eigenvalue weighted by atomic mass is 19.3. The third-order valence-corrected chi connectivity index (χ3v) is 0.678. The molecule has 0 aromatic rings. The van der Waals surface area contributed by atoms with E-state index in [1.54, 1.807) is 0 Å². The van der Waals surface area contributed by atoms with E-state index in [0.717, 1.165) is 0 Å². The van der Waals surface area contributed by atoms with Crippen LogP contribution in [-0.2, 0) is 0 Å². The van der Waals surface area contributed by atoms with Gasteiger partial charge < -0.3 is 0 Å². The minimum absolute atomic E-state index is 0.125. The van der Waals surface area contributed by atoms with Crippen molar-refractivity contribution in [2.24, 2.45) is 0 Å². The molecule has 0 aliphatic heterocycles. The lowest BCUT2D eigenvalue weighted by Gasteiger charge is -1.97. The van der Waals surface area contributed by atoms with Gasteiger partial charge in [0.2, 0.25) is 0 Å². The molecule has 0 fully saturated rings. The summed E-state index contributed by atoms with van der Waals surface area (Å²) in [7, 11) is 0. The molecule has 0 unspecified atom stereocenters. The van der Waals surface area contributed by atoms with Crippen molar-refractivity contribution in [3.63, 3.8) is 0 Å². The van der Waals surface area contributed by atoms with Crippen LogP contribution in [-0.4, -0.2) is 12.1 Å². The van der Waals surface area contributed by atoms with E-state index in [9.17, 15) is 8.78 Å². The summed E-state index contributed by atoms with van der Waals surface area (Å²) >= 11 is 0. The van der Waals surface area contributed by atoms with Crippen LogP contribution in [0.3, 0.4) is 0 Å². The molecule has 0 aliphatic rings. The Morgan fingerprint density at radius 3 is 2.00 bits per heavy atom. The number of hydrogen-bond acceptors (Lipinski definition) is 1. The third-order valence-electron chi connectivity index (χ3n) is 0.678. The predicted molar refractivity (Wildman–Crippen MR) is 28.5 cm³/mol. The van der Waals surface area contributed by atoms with Crippen molar-refractivity contribution in [1.29, 1.82) is 5.41 Å². The van der Waals surface area contributed by atoms with Gasteiger partial charge in [-0.15, -0.1) is 0 Å². The number of nitrogens with one attached hydrogen (secondary N) is 1. The second kappa shape index (κ2) is 2.55. The Kier molecular flexibility index (Phi) is 2.31. The molecule has 0 rings (SSSR count). The lowest BCUT2D eigenvalue weighted by molar-refractivity contribution is 0.225. The molecule has 0 amide bonds. The fourth-order valence-electron chi connectivity index (χ4n) is 0.186. The van der Waals surface area contributed by atoms with Crippen molar-refractivity contribution in [3.05, 3.63) is 12.2 Å². The van der Waals surface area contributed by atoms with Crippen molar-refractivity contribution >= 4 is 5.71 Å². The highest BCUT2D eigenvalue weighted by molar-refractivity contribution is 5.98. The fourth-order valence-corrected chi connectivity index (χ4v) is 0.186. The lowest BCUT2D eigenvalue weighted by Crippen LogP contribution is -2.08. The maximum absolute atomic E-state index is 11.4. The normalized spacial score (nSPS) is 9.50. The SMILES string of the molecule is C=C(C)C(=N)C(F)F. The van der Waals surface area contributed by atoms with Crippen molar-refractivity contribution in [2.45, 2.75) is 13.3 Å². The monoisotopic (exact) mass is 119 g/mol. The fraction of sp³-hybridized carbons (Fsp3) is 0.400. The largest absolute Gasteiger partial charge is 0.299 e. The lowest BCUT2D eigenvalue weighted by atomic mass is 10.2. The molecule has 3 heteroatoms. The molecule has 0 aromatic carbocycles. The molecule has 0 bridgehead atoms. The molecule has 0 radical (unpaired) electrons. The Bertz CT molecular complexity index is 118. The van der Waals surface area contributed by atoms with E-state index in [1.807, 2.05) is 0 Å². The first-order valence-corrected chi connectivity index (χ1v) is 2.08. The van der Waals surface area contributed by atoms with Gasteiger partial charge in [-0.05, 0) is 12.5 Å². The second-order valence-corrected chi connectivity index (χ2v) is 1.49. The van der Waals surface area contributed by atoms with Crippen molar-refractivity contribution in [2.75, 3.05) is 0 Å². The molecule has 46 valence electrons. The molecule has 0 aromatic heterocycles. The molecule has 0 aliphatic carbocycles. The Hall–Kier alpha value is -0.730. The van der Waals surface area contributed by atoms with E-state index in [0.29, 0.717) is 0 Å². The van der Waals surface area contributed by atoms with Gasteiger partial charge in [0.1, 0.15) is 0 Å². The molecular formula is C5H7F2N. The van der Waals surface area contributed by atoms with E-state index < -0.39 is 12.1 Å². The summed E-state index contributed by atoms with van der Waals surface area (Å²) in [6.45, 7) is 4.56. The first-order valence-electron chi connectivity index (χ1n) is 2.08. The van der Waals surface area contributed by atoms with Crippen molar-refractivity contribution in [1.82, 2.24) is 0 Å². The van der Waals surface area contributed by atoms with E-state index in [-0.39, 0.29) is 5.57 Å². The van der Waals surface area contributed by atoms with Gasteiger partial charge in [-0.2, -0.15) is 0 Å². The van der Waals surface area contributed by atoms with Crippen LogP contribution in [0.2, 0.25) is 0 Å². The van der Waals surface area contributed by atoms with Crippen LogP contribution in [0, 0.1) is 5.41 Å². The zero-order chi connectivity index (χ0) is 6.73. The minimum Gasteiger partial charge on any atom is -0.299 e. The number of halogens is 2. The predicted octanol–water partition coefficient (Wildman–Crippen LogP) is 1.85. The summed E-state index contributed by atoms with van der Waals surface area (Å²) in [6, 6.07) is 0. The molecule has 0 saturated carbocycles. The summed E-state index contributed by atoms with van der Waals surface area (Å²) in [5.41, 5.74) is -0.551. The first kappa shape index (κ1) is 7.27. The van der Waals surface area contributed by atoms with Crippen LogP contribution < -0.4 is 0 Å². The summed E-state index contributed by atoms with van der Waals surface area (Å²) in [6.07, 6.45) is -2.67. The number of rotatable bonds is 2. The summed E-state index contributed by atoms with van der Waals surface area (Å²) in [5, 5.41) is 6.55. The van der Waals surface area contributed by atoms with Crippen LogP contribution in [0.5, 0.6) is 0 Å². The quantitative estimate of drug-likeness (QED) is 0.536. The maximum atomic E-state index is 11.4. The van der Waals surface area contributed by atoms with Gasteiger partial charge in [0.25, 0.3) is 6.43 Å². The van der Waals surface area contributed by atoms with Gasteiger partial charge in [0, 0.05) is 0 Å². The molecule has 0 spiro atoms. The van der Waals surface area contributed by atoms with Crippen LogP contribution in [0.15, 0.2) is 12.2 Å². The molecule has 1 N–H and O–H groups in total. The molecule has 8 heavy (non-hydrogen) atoms. The first-order chi connectivity index (χ1) is 3.55. The van der Waals surface area contributed by atoms with E-state index in [1.165, 1.54) is 6.92 Å². The highest BCUT2D eigenvalue weighted by Crippen LogP contribution is 2.01. The van der Waals surface area contributed by atoms with Crippen LogP contribution in [0.4, 0.5) is 8.78 Å². The van der Waals surface area contributed by atoms with E-state index in [2.05, 4.69) is 6.58 Å². The Morgan fingerprint density at radius 2 is 2.00 bits per heavy atom. The molecule has 0 atom stereocenters. The van der Waals surface area contributed by atoms with Gasteiger partial charge in [0.15, 0.2) is 0 Å². The minimum atomic E-state index is -2.67. The molecule has 0 heterocycles. The Balaban J connectivity index is 3.84. The highest BCUT2D eigenvalue weighted by Gasteiger charge is 2.09. The standard InChI is InChI=1S/C5H7F2N/c1-3(2)4(8)5(6)7/h5,8H,1H2,2H3.